The number of hydrogen-bond acceptors (Lipinski definition) is 5. The molecule has 0 aliphatic carbocycles. The molecule has 1 aromatic heterocycles. The van der Waals surface area contributed by atoms with E-state index in [2.05, 4.69) is 15.5 Å². The maximum Gasteiger partial charge on any atom is 0.243 e. The first-order valence-electron chi connectivity index (χ1n) is 6.12. The zero-order valence-electron chi connectivity index (χ0n) is 9.32. The number of hydrogen-bond donors (Lipinski definition) is 1. The van der Waals surface area contributed by atoms with Gasteiger partial charge in [0.05, 0.1) is 11.3 Å². The maximum absolute atomic E-state index is 5.36. The maximum atomic E-state index is 5.36. The van der Waals surface area contributed by atoms with Crippen LogP contribution >= 0.6 is 11.8 Å². The minimum atomic E-state index is 0.301. The van der Waals surface area contributed by atoms with Crippen molar-refractivity contribution < 1.29 is 4.52 Å². The molecule has 4 nitrogen and oxygen atoms in total. The highest BCUT2D eigenvalue weighted by atomic mass is 32.2. The second-order valence-corrected chi connectivity index (χ2v) is 5.81. The van der Waals surface area contributed by atoms with Crippen molar-refractivity contribution in [2.75, 3.05) is 12.3 Å². The average molecular weight is 239 g/mol. The molecule has 2 saturated heterocycles. The van der Waals surface area contributed by atoms with Crippen LogP contribution in [0.2, 0.25) is 0 Å². The number of nitrogens with one attached hydrogen (secondary N) is 1. The molecule has 2 aliphatic heterocycles. The van der Waals surface area contributed by atoms with Crippen LogP contribution in [0.3, 0.4) is 0 Å². The summed E-state index contributed by atoms with van der Waals surface area (Å²) in [5, 5.41) is 7.99. The Morgan fingerprint density at radius 3 is 3.00 bits per heavy atom. The molecule has 16 heavy (non-hydrogen) atoms. The summed E-state index contributed by atoms with van der Waals surface area (Å²) in [6.45, 7) is 1.07. The van der Waals surface area contributed by atoms with Crippen LogP contribution in [0.15, 0.2) is 4.52 Å². The van der Waals surface area contributed by atoms with Gasteiger partial charge in [0.25, 0.3) is 0 Å². The standard InChI is InChI=1S/C11H17N3OS/c1-2-7-16-9(5-1)10-13-11(15-14-10)8-4-3-6-12-8/h8-9,12H,1-7H2. The molecule has 0 amide bonds. The molecule has 5 heteroatoms. The third-order valence-corrected chi connectivity index (χ3v) is 4.66. The van der Waals surface area contributed by atoms with Gasteiger partial charge in [0, 0.05) is 0 Å². The van der Waals surface area contributed by atoms with E-state index < -0.39 is 0 Å². The zero-order valence-corrected chi connectivity index (χ0v) is 10.1. The first-order chi connectivity index (χ1) is 7.93. The first kappa shape index (κ1) is 10.6. The van der Waals surface area contributed by atoms with Crippen LogP contribution in [0.25, 0.3) is 0 Å². The summed E-state index contributed by atoms with van der Waals surface area (Å²) in [7, 11) is 0. The van der Waals surface area contributed by atoms with Gasteiger partial charge in [-0.05, 0) is 38.0 Å². The summed E-state index contributed by atoms with van der Waals surface area (Å²) in [6.07, 6.45) is 6.15. The van der Waals surface area contributed by atoms with Gasteiger partial charge in [-0.3, -0.25) is 0 Å². The molecule has 1 N–H and O–H groups in total. The minimum absolute atomic E-state index is 0.301. The molecule has 0 spiro atoms. The molecule has 0 bridgehead atoms. The van der Waals surface area contributed by atoms with Crippen molar-refractivity contribution in [3.63, 3.8) is 0 Å². The molecule has 1 aromatic rings. The fourth-order valence-corrected chi connectivity index (χ4v) is 3.59. The molecule has 0 radical (unpaired) electrons. The van der Waals surface area contributed by atoms with Crippen molar-refractivity contribution in [1.82, 2.24) is 15.5 Å². The van der Waals surface area contributed by atoms with Crippen molar-refractivity contribution in [2.45, 2.75) is 43.4 Å². The lowest BCUT2D eigenvalue weighted by Gasteiger charge is -2.17. The van der Waals surface area contributed by atoms with Crippen LogP contribution in [0.4, 0.5) is 0 Å². The fraction of sp³-hybridized carbons (Fsp3) is 0.818. The molecular weight excluding hydrogens is 222 g/mol. The molecular formula is C11H17N3OS. The molecule has 3 rings (SSSR count). The molecule has 0 saturated carbocycles. The lowest BCUT2D eigenvalue weighted by molar-refractivity contribution is 0.340. The number of aromatic nitrogens is 2. The van der Waals surface area contributed by atoms with E-state index in [0.717, 1.165) is 24.7 Å². The van der Waals surface area contributed by atoms with E-state index in [1.807, 2.05) is 11.8 Å². The average Bonchev–Trinajstić information content (AvgIpc) is 3.01. The van der Waals surface area contributed by atoms with Crippen molar-refractivity contribution in [3.05, 3.63) is 11.7 Å². The Hall–Kier alpha value is -0.550. The largest absolute Gasteiger partial charge is 0.338 e. The SMILES string of the molecule is C1CCC(c2noc(C3CCCN3)n2)SC1. The molecule has 0 aromatic carbocycles. The Morgan fingerprint density at radius 2 is 2.25 bits per heavy atom. The third-order valence-electron chi connectivity index (χ3n) is 3.28. The van der Waals surface area contributed by atoms with Crippen molar-refractivity contribution in [2.24, 2.45) is 0 Å². The van der Waals surface area contributed by atoms with Crippen LogP contribution in [0.1, 0.15) is 55.1 Å². The van der Waals surface area contributed by atoms with Gasteiger partial charge in [-0.25, -0.2) is 0 Å². The van der Waals surface area contributed by atoms with Crippen molar-refractivity contribution in [1.29, 1.82) is 0 Å². The van der Waals surface area contributed by atoms with Gasteiger partial charge in [0.1, 0.15) is 0 Å². The van der Waals surface area contributed by atoms with Gasteiger partial charge < -0.3 is 9.84 Å². The van der Waals surface area contributed by atoms with E-state index in [1.54, 1.807) is 0 Å². The molecule has 2 atom stereocenters. The predicted molar refractivity (Wildman–Crippen MR) is 63.3 cm³/mol. The number of thioether (sulfide) groups is 1. The van der Waals surface area contributed by atoms with Crippen LogP contribution in [-0.2, 0) is 0 Å². The normalized spacial score (nSPS) is 30.8. The third kappa shape index (κ3) is 2.11. The monoisotopic (exact) mass is 239 g/mol. The summed E-state index contributed by atoms with van der Waals surface area (Å²) in [4.78, 5) is 4.55. The minimum Gasteiger partial charge on any atom is -0.338 e. The smallest absolute Gasteiger partial charge is 0.243 e. The highest BCUT2D eigenvalue weighted by Crippen LogP contribution is 2.37. The Bertz CT molecular complexity index is 343. The Morgan fingerprint density at radius 1 is 1.25 bits per heavy atom. The second kappa shape index (κ2) is 4.75. The molecule has 2 aliphatic rings. The van der Waals surface area contributed by atoms with Crippen LogP contribution in [-0.4, -0.2) is 22.4 Å². The molecule has 2 fully saturated rings. The van der Waals surface area contributed by atoms with E-state index in [9.17, 15) is 0 Å². The van der Waals surface area contributed by atoms with Crippen molar-refractivity contribution in [3.8, 4) is 0 Å². The summed E-state index contributed by atoms with van der Waals surface area (Å²) >= 11 is 1.97. The summed E-state index contributed by atoms with van der Waals surface area (Å²) < 4.78 is 5.36. The van der Waals surface area contributed by atoms with E-state index in [4.69, 9.17) is 4.52 Å². The highest BCUT2D eigenvalue weighted by Gasteiger charge is 2.26. The number of rotatable bonds is 2. The lowest BCUT2D eigenvalue weighted by atomic mass is 10.2. The topological polar surface area (TPSA) is 51.0 Å². The van der Waals surface area contributed by atoms with E-state index in [0.29, 0.717) is 11.3 Å². The highest BCUT2D eigenvalue weighted by molar-refractivity contribution is 7.99. The summed E-state index contributed by atoms with van der Waals surface area (Å²) in [5.41, 5.74) is 0. The van der Waals surface area contributed by atoms with Gasteiger partial charge in [0.2, 0.25) is 5.89 Å². The Balaban J connectivity index is 1.71. The predicted octanol–water partition coefficient (Wildman–Crippen LogP) is 2.45. The molecule has 3 heterocycles. The summed E-state index contributed by atoms with van der Waals surface area (Å²) in [5.74, 6) is 2.93. The van der Waals surface area contributed by atoms with Crippen LogP contribution in [0.5, 0.6) is 0 Å². The fourth-order valence-electron chi connectivity index (χ4n) is 2.36. The van der Waals surface area contributed by atoms with E-state index >= 15 is 0 Å². The van der Waals surface area contributed by atoms with Crippen molar-refractivity contribution >= 4 is 11.8 Å². The van der Waals surface area contributed by atoms with Gasteiger partial charge in [0.15, 0.2) is 5.82 Å². The van der Waals surface area contributed by atoms with Crippen LogP contribution in [0, 0.1) is 0 Å². The Labute approximate surface area is 99.6 Å². The quantitative estimate of drug-likeness (QED) is 0.859. The molecule has 2 unspecified atom stereocenters. The first-order valence-corrected chi connectivity index (χ1v) is 7.17. The molecule has 88 valence electrons. The van der Waals surface area contributed by atoms with E-state index in [1.165, 1.54) is 31.4 Å². The number of nitrogens with zero attached hydrogens (tertiary/aromatic N) is 2. The van der Waals surface area contributed by atoms with Gasteiger partial charge >= 0.3 is 0 Å². The van der Waals surface area contributed by atoms with Crippen LogP contribution < -0.4 is 5.32 Å². The van der Waals surface area contributed by atoms with Gasteiger partial charge in [-0.2, -0.15) is 16.7 Å². The lowest BCUT2D eigenvalue weighted by Crippen LogP contribution is -2.13. The van der Waals surface area contributed by atoms with E-state index in [-0.39, 0.29) is 0 Å². The zero-order chi connectivity index (χ0) is 10.8. The van der Waals surface area contributed by atoms with Gasteiger partial charge in [-0.1, -0.05) is 11.6 Å². The second-order valence-electron chi connectivity index (χ2n) is 4.49. The van der Waals surface area contributed by atoms with Gasteiger partial charge in [-0.15, -0.1) is 0 Å². The Kier molecular flexibility index (Phi) is 3.15. The summed E-state index contributed by atoms with van der Waals surface area (Å²) in [6, 6.07) is 0.301.